The molecule has 3 heterocycles. The summed E-state index contributed by atoms with van der Waals surface area (Å²) in [6, 6.07) is 0. The summed E-state index contributed by atoms with van der Waals surface area (Å²) in [5.74, 6) is 3.83. The van der Waals surface area contributed by atoms with Crippen molar-refractivity contribution in [3.63, 3.8) is 0 Å². The normalized spacial score (nSPS) is 22.9. The number of hydrogen-bond acceptors (Lipinski definition) is 5. The van der Waals surface area contributed by atoms with Crippen LogP contribution in [-0.4, -0.2) is 47.0 Å². The third-order valence-electron chi connectivity index (χ3n) is 7.51. The average molecular weight is 441 g/mol. The summed E-state index contributed by atoms with van der Waals surface area (Å²) >= 11 is 1.90. The first-order valence-corrected chi connectivity index (χ1v) is 13.2. The van der Waals surface area contributed by atoms with Crippen molar-refractivity contribution in [2.45, 2.75) is 78.1 Å². The fraction of sp³-hybridized carbons (Fsp3) is 0.720. The molecule has 2 aromatic rings. The predicted molar refractivity (Wildman–Crippen MR) is 128 cm³/mol. The molecule has 0 aromatic carbocycles. The van der Waals surface area contributed by atoms with Gasteiger partial charge in [0.25, 0.3) is 0 Å². The number of amides is 1. The Balaban J connectivity index is 1.41. The number of carbonyl (C=O) groups is 1. The topological polar surface area (TPSA) is 49.3 Å². The summed E-state index contributed by atoms with van der Waals surface area (Å²) in [7, 11) is 0. The van der Waals surface area contributed by atoms with E-state index in [-0.39, 0.29) is 5.92 Å². The number of anilines is 1. The molecule has 1 saturated heterocycles. The van der Waals surface area contributed by atoms with Crippen molar-refractivity contribution < 1.29 is 4.79 Å². The largest absolute Gasteiger partial charge is 0.352 e. The fourth-order valence-corrected chi connectivity index (χ4v) is 6.96. The molecule has 31 heavy (non-hydrogen) atoms. The highest BCUT2D eigenvalue weighted by atomic mass is 32.1. The van der Waals surface area contributed by atoms with Crippen LogP contribution in [0.5, 0.6) is 0 Å². The minimum atomic E-state index is 0.268. The van der Waals surface area contributed by atoms with Crippen molar-refractivity contribution >= 4 is 33.3 Å². The molecule has 0 bridgehead atoms. The van der Waals surface area contributed by atoms with Gasteiger partial charge in [0.1, 0.15) is 16.5 Å². The summed E-state index contributed by atoms with van der Waals surface area (Å²) in [4.78, 5) is 30.4. The van der Waals surface area contributed by atoms with Crippen LogP contribution in [0.2, 0.25) is 0 Å². The lowest BCUT2D eigenvalue weighted by atomic mass is 9.88. The summed E-state index contributed by atoms with van der Waals surface area (Å²) in [5.41, 5.74) is 1.50. The zero-order valence-corrected chi connectivity index (χ0v) is 20.1. The van der Waals surface area contributed by atoms with Gasteiger partial charge in [0.15, 0.2) is 0 Å². The van der Waals surface area contributed by atoms with Gasteiger partial charge in [-0.3, -0.25) is 4.79 Å². The second-order valence-corrected chi connectivity index (χ2v) is 11.3. The van der Waals surface area contributed by atoms with Crippen LogP contribution in [0.3, 0.4) is 0 Å². The number of aromatic nitrogens is 2. The van der Waals surface area contributed by atoms with Crippen molar-refractivity contribution in [1.82, 2.24) is 14.9 Å². The van der Waals surface area contributed by atoms with Gasteiger partial charge in [0, 0.05) is 42.9 Å². The maximum Gasteiger partial charge on any atom is 0.225 e. The van der Waals surface area contributed by atoms with Crippen molar-refractivity contribution in [1.29, 1.82) is 0 Å². The molecule has 1 amide bonds. The van der Waals surface area contributed by atoms with E-state index in [2.05, 4.69) is 30.6 Å². The Morgan fingerprint density at radius 1 is 1.03 bits per heavy atom. The first-order chi connectivity index (χ1) is 15.0. The zero-order chi connectivity index (χ0) is 21.5. The van der Waals surface area contributed by atoms with E-state index >= 15 is 0 Å². The predicted octanol–water partition coefficient (Wildman–Crippen LogP) is 5.17. The maximum absolute atomic E-state index is 13.0. The Morgan fingerprint density at radius 2 is 1.77 bits per heavy atom. The van der Waals surface area contributed by atoms with Crippen molar-refractivity contribution in [2.24, 2.45) is 11.8 Å². The fourth-order valence-electron chi connectivity index (χ4n) is 5.57. The van der Waals surface area contributed by atoms with Crippen LogP contribution < -0.4 is 4.90 Å². The van der Waals surface area contributed by atoms with E-state index in [1.807, 2.05) is 11.3 Å². The van der Waals surface area contributed by atoms with Gasteiger partial charge in [-0.25, -0.2) is 9.97 Å². The second kappa shape index (κ2) is 8.68. The molecule has 0 unspecified atom stereocenters. The molecule has 0 spiro atoms. The number of carbonyl (C=O) groups excluding carboxylic acids is 1. The smallest absolute Gasteiger partial charge is 0.225 e. The van der Waals surface area contributed by atoms with Crippen LogP contribution in [0.1, 0.15) is 81.5 Å². The molecule has 6 heteroatoms. The van der Waals surface area contributed by atoms with Crippen LogP contribution in [0, 0.1) is 11.8 Å². The number of fused-ring (bicyclic) bond motifs is 3. The van der Waals surface area contributed by atoms with Crippen LogP contribution in [-0.2, 0) is 17.6 Å². The summed E-state index contributed by atoms with van der Waals surface area (Å²) in [6.45, 7) is 10.1. The Labute approximate surface area is 190 Å². The van der Waals surface area contributed by atoms with Crippen LogP contribution in [0.4, 0.5) is 5.82 Å². The number of nitrogens with zero attached hydrogens (tertiary/aromatic N) is 4. The lowest BCUT2D eigenvalue weighted by molar-refractivity contribution is -0.136. The van der Waals surface area contributed by atoms with E-state index in [9.17, 15) is 4.79 Å². The van der Waals surface area contributed by atoms with Crippen molar-refractivity contribution in [3.05, 3.63) is 16.3 Å². The number of thiophene rings is 1. The van der Waals surface area contributed by atoms with E-state index in [4.69, 9.17) is 9.97 Å². The molecule has 0 N–H and O–H groups in total. The first kappa shape index (κ1) is 21.2. The van der Waals surface area contributed by atoms with Crippen molar-refractivity contribution in [3.8, 4) is 0 Å². The number of aryl methyl sites for hydroxylation is 1. The van der Waals surface area contributed by atoms with Gasteiger partial charge in [0.2, 0.25) is 5.91 Å². The molecule has 1 saturated carbocycles. The maximum atomic E-state index is 13.0. The standard InChI is InChI=1S/C25H36N4OS/c1-16(2)22-26-23(21-19-10-9-17(3)15-20(19)31-24(21)27-22)28-11-13-29(14-12-28)25(30)18-7-5-4-6-8-18/h16-18H,4-15H2,1-3H3/t17-/m0/s1. The van der Waals surface area contributed by atoms with Crippen LogP contribution in [0.25, 0.3) is 10.2 Å². The molecule has 0 radical (unpaired) electrons. The average Bonchev–Trinajstić information content (AvgIpc) is 3.16. The zero-order valence-electron chi connectivity index (χ0n) is 19.3. The van der Waals surface area contributed by atoms with Crippen molar-refractivity contribution in [2.75, 3.05) is 31.1 Å². The second-order valence-electron chi connectivity index (χ2n) is 10.2. The molecule has 1 aliphatic heterocycles. The molecule has 168 valence electrons. The quantitative estimate of drug-likeness (QED) is 0.661. The lowest BCUT2D eigenvalue weighted by Gasteiger charge is -2.38. The van der Waals surface area contributed by atoms with Gasteiger partial charge < -0.3 is 9.80 Å². The highest BCUT2D eigenvalue weighted by molar-refractivity contribution is 7.19. The molecular weight excluding hydrogens is 404 g/mol. The Morgan fingerprint density at radius 3 is 2.48 bits per heavy atom. The molecule has 2 fully saturated rings. The molecular formula is C25H36N4OS. The van der Waals surface area contributed by atoms with Crippen LogP contribution in [0.15, 0.2) is 0 Å². The molecule has 5 rings (SSSR count). The number of piperazine rings is 1. The van der Waals surface area contributed by atoms with Gasteiger partial charge in [-0.2, -0.15) is 0 Å². The van der Waals surface area contributed by atoms with Gasteiger partial charge >= 0.3 is 0 Å². The third-order valence-corrected chi connectivity index (χ3v) is 8.66. The van der Waals surface area contributed by atoms with Gasteiger partial charge in [-0.15, -0.1) is 11.3 Å². The van der Waals surface area contributed by atoms with Gasteiger partial charge in [-0.1, -0.05) is 40.0 Å². The monoisotopic (exact) mass is 440 g/mol. The van der Waals surface area contributed by atoms with E-state index in [1.54, 1.807) is 0 Å². The number of rotatable bonds is 3. The van der Waals surface area contributed by atoms with E-state index in [1.165, 1.54) is 52.8 Å². The first-order valence-electron chi connectivity index (χ1n) is 12.4. The third kappa shape index (κ3) is 4.08. The summed E-state index contributed by atoms with van der Waals surface area (Å²) in [5, 5.41) is 1.31. The SMILES string of the molecule is CC(C)c1nc(N2CCN(C(=O)C3CCCCC3)CC2)c2c3c(sc2n1)C[C@@H](C)CC3. The Bertz CT molecular complexity index is 954. The Hall–Kier alpha value is -1.69. The molecule has 2 aromatic heterocycles. The minimum Gasteiger partial charge on any atom is -0.352 e. The minimum absolute atomic E-state index is 0.268. The lowest BCUT2D eigenvalue weighted by Crippen LogP contribution is -2.51. The summed E-state index contributed by atoms with van der Waals surface area (Å²) in [6.07, 6.45) is 9.48. The van der Waals surface area contributed by atoms with Gasteiger partial charge in [0.05, 0.1) is 5.39 Å². The molecule has 1 atom stereocenters. The van der Waals surface area contributed by atoms with E-state index in [0.29, 0.717) is 11.8 Å². The molecule has 5 nitrogen and oxygen atoms in total. The highest BCUT2D eigenvalue weighted by Gasteiger charge is 2.31. The molecule has 2 aliphatic carbocycles. The summed E-state index contributed by atoms with van der Waals surface area (Å²) < 4.78 is 0. The van der Waals surface area contributed by atoms with Crippen LogP contribution >= 0.6 is 11.3 Å². The van der Waals surface area contributed by atoms with E-state index < -0.39 is 0 Å². The Kier molecular flexibility index (Phi) is 5.93. The van der Waals surface area contributed by atoms with E-state index in [0.717, 1.165) is 63.0 Å². The number of hydrogen-bond donors (Lipinski definition) is 0. The highest BCUT2D eigenvalue weighted by Crippen LogP contribution is 2.41. The molecule has 3 aliphatic rings. The van der Waals surface area contributed by atoms with Gasteiger partial charge in [-0.05, 0) is 43.6 Å².